The van der Waals surface area contributed by atoms with Crippen molar-refractivity contribution in [2.45, 2.75) is 25.3 Å². The lowest BCUT2D eigenvalue weighted by Gasteiger charge is -2.26. The number of phenols is 1. The molecule has 0 aliphatic heterocycles. The first-order chi connectivity index (χ1) is 9.08. The number of H-pyrrole nitrogens is 1. The molecule has 1 heterocycles. The summed E-state index contributed by atoms with van der Waals surface area (Å²) in [4.78, 5) is 2.90. The molecule has 0 amide bonds. The van der Waals surface area contributed by atoms with Gasteiger partial charge in [-0.05, 0) is 48.7 Å². The highest BCUT2D eigenvalue weighted by atomic mass is 32.1. The molecule has 1 aliphatic rings. The van der Waals surface area contributed by atoms with Crippen molar-refractivity contribution in [3.05, 3.63) is 46.0 Å². The molecule has 1 unspecified atom stereocenters. The van der Waals surface area contributed by atoms with Crippen LogP contribution in [0.3, 0.4) is 0 Å². The Morgan fingerprint density at radius 3 is 2.89 bits per heavy atom. The van der Waals surface area contributed by atoms with Gasteiger partial charge in [-0.3, -0.25) is 0 Å². The summed E-state index contributed by atoms with van der Waals surface area (Å²) in [5, 5.41) is 9.35. The Bertz CT molecular complexity index is 692. The first kappa shape index (κ1) is 12.3. The molecule has 0 radical (unpaired) electrons. The van der Waals surface area contributed by atoms with E-state index in [1.54, 1.807) is 6.20 Å². The maximum Gasteiger partial charge on any atom is 0.188 e. The second kappa shape index (κ2) is 4.45. The van der Waals surface area contributed by atoms with Gasteiger partial charge in [-0.2, -0.15) is 0 Å². The normalized spacial score (nSPS) is 18.3. The van der Waals surface area contributed by atoms with Gasteiger partial charge < -0.3 is 14.7 Å². The molecule has 2 N–H and O–H groups in total. The third kappa shape index (κ3) is 1.96. The van der Waals surface area contributed by atoms with Crippen LogP contribution in [-0.2, 0) is 12.8 Å². The van der Waals surface area contributed by atoms with Gasteiger partial charge in [-0.15, -0.1) is 0 Å². The van der Waals surface area contributed by atoms with Crippen molar-refractivity contribution < 1.29 is 13.9 Å². The molecule has 0 bridgehead atoms. The van der Waals surface area contributed by atoms with Crippen molar-refractivity contribution in [2.75, 3.05) is 0 Å². The zero-order valence-corrected chi connectivity index (χ0v) is 10.8. The summed E-state index contributed by atoms with van der Waals surface area (Å²) in [5.41, 5.74) is 1.02. The van der Waals surface area contributed by atoms with E-state index in [9.17, 15) is 13.9 Å². The molecule has 3 nitrogen and oxygen atoms in total. The van der Waals surface area contributed by atoms with E-state index in [0.29, 0.717) is 28.7 Å². The molecule has 0 fully saturated rings. The van der Waals surface area contributed by atoms with Gasteiger partial charge in [-0.1, -0.05) is 0 Å². The van der Waals surface area contributed by atoms with E-state index in [0.717, 1.165) is 6.42 Å². The van der Waals surface area contributed by atoms with Gasteiger partial charge in [0.2, 0.25) is 0 Å². The molecule has 0 spiro atoms. The third-order valence-corrected chi connectivity index (χ3v) is 3.97. The van der Waals surface area contributed by atoms with Crippen molar-refractivity contribution >= 4 is 12.2 Å². The van der Waals surface area contributed by atoms with Crippen LogP contribution in [0.5, 0.6) is 5.75 Å². The van der Waals surface area contributed by atoms with Gasteiger partial charge in [0.05, 0.1) is 0 Å². The summed E-state index contributed by atoms with van der Waals surface area (Å²) >= 11 is 5.15. The van der Waals surface area contributed by atoms with Crippen LogP contribution in [-0.4, -0.2) is 14.7 Å². The van der Waals surface area contributed by atoms with Gasteiger partial charge in [0.1, 0.15) is 0 Å². The minimum Gasteiger partial charge on any atom is -0.503 e. The molecule has 19 heavy (non-hydrogen) atoms. The number of imidazole rings is 1. The lowest BCUT2D eigenvalue weighted by molar-refractivity contribution is 0.375. The molecule has 3 rings (SSSR count). The highest BCUT2D eigenvalue weighted by Crippen LogP contribution is 2.35. The third-order valence-electron chi connectivity index (χ3n) is 3.64. The average Bonchev–Trinajstić information content (AvgIpc) is 2.82. The van der Waals surface area contributed by atoms with E-state index in [1.165, 1.54) is 6.07 Å². The lowest BCUT2D eigenvalue weighted by atomic mass is 9.87. The Morgan fingerprint density at radius 1 is 1.42 bits per heavy atom. The van der Waals surface area contributed by atoms with Crippen LogP contribution in [0.1, 0.15) is 23.6 Å². The molecule has 1 aromatic heterocycles. The monoisotopic (exact) mass is 282 g/mol. The smallest absolute Gasteiger partial charge is 0.188 e. The zero-order valence-electron chi connectivity index (χ0n) is 9.99. The molecule has 2 aromatic rings. The fraction of sp³-hybridized carbons (Fsp3) is 0.308. The number of nitrogens with zero attached hydrogens (tertiary/aromatic N) is 1. The Morgan fingerprint density at radius 2 is 2.21 bits per heavy atom. The second-order valence-electron chi connectivity index (χ2n) is 4.73. The standard InChI is InChI=1S/C13H12F2N2OS/c14-10-5-7-1-2-8(17-4-3-16-13(17)19)6-9(7)11(15)12(10)18/h3-5,8,18H,1-2,6H2,(H,16,19). The molecular formula is C13H12F2N2OS. The highest BCUT2D eigenvalue weighted by molar-refractivity contribution is 7.71. The minimum absolute atomic E-state index is 0.0330. The summed E-state index contributed by atoms with van der Waals surface area (Å²) in [6.45, 7) is 0. The molecule has 1 aromatic carbocycles. The number of aromatic hydroxyl groups is 1. The number of aryl methyl sites for hydroxylation is 1. The van der Waals surface area contributed by atoms with Crippen LogP contribution in [0.25, 0.3) is 0 Å². The van der Waals surface area contributed by atoms with Crippen LogP contribution in [0.4, 0.5) is 8.78 Å². The maximum absolute atomic E-state index is 13.9. The summed E-state index contributed by atoms with van der Waals surface area (Å²) in [6, 6.07) is 1.26. The maximum atomic E-state index is 13.9. The van der Waals surface area contributed by atoms with Crippen molar-refractivity contribution in [1.82, 2.24) is 9.55 Å². The lowest BCUT2D eigenvalue weighted by Crippen LogP contribution is -2.19. The number of aromatic amines is 1. The van der Waals surface area contributed by atoms with Gasteiger partial charge in [0.25, 0.3) is 0 Å². The fourth-order valence-corrected chi connectivity index (χ4v) is 2.93. The number of fused-ring (bicyclic) bond motifs is 1. The molecule has 6 heteroatoms. The molecule has 0 saturated heterocycles. The van der Waals surface area contributed by atoms with Gasteiger partial charge in [-0.25, -0.2) is 8.78 Å². The summed E-state index contributed by atoms with van der Waals surface area (Å²) in [7, 11) is 0. The SMILES string of the molecule is Oc1c(F)cc2c(c1F)CC(n1cc[nH]c1=S)CC2. The van der Waals surface area contributed by atoms with Gasteiger partial charge in [0.15, 0.2) is 22.2 Å². The molecule has 1 aliphatic carbocycles. The van der Waals surface area contributed by atoms with Crippen LogP contribution < -0.4 is 0 Å². The van der Waals surface area contributed by atoms with Crippen molar-refractivity contribution in [1.29, 1.82) is 0 Å². The fourth-order valence-electron chi connectivity index (χ4n) is 2.66. The van der Waals surface area contributed by atoms with Crippen LogP contribution in [0, 0.1) is 16.4 Å². The number of aromatic nitrogens is 2. The predicted octanol–water partition coefficient (Wildman–Crippen LogP) is 3.26. The van der Waals surface area contributed by atoms with Crippen LogP contribution in [0.15, 0.2) is 18.5 Å². The van der Waals surface area contributed by atoms with E-state index < -0.39 is 17.4 Å². The topological polar surface area (TPSA) is 41.0 Å². The number of hydrogen-bond acceptors (Lipinski definition) is 2. The number of benzene rings is 1. The number of halogens is 2. The molecule has 1 atom stereocenters. The van der Waals surface area contributed by atoms with E-state index in [4.69, 9.17) is 12.2 Å². The van der Waals surface area contributed by atoms with E-state index in [2.05, 4.69) is 4.98 Å². The van der Waals surface area contributed by atoms with Gasteiger partial charge >= 0.3 is 0 Å². The second-order valence-corrected chi connectivity index (χ2v) is 5.11. The van der Waals surface area contributed by atoms with Crippen molar-refractivity contribution in [3.8, 4) is 5.75 Å². The summed E-state index contributed by atoms with van der Waals surface area (Å²) in [5.74, 6) is -2.63. The van der Waals surface area contributed by atoms with Gasteiger partial charge in [0, 0.05) is 18.4 Å². The molecule has 0 saturated carbocycles. The Hall–Kier alpha value is -1.69. The first-order valence-corrected chi connectivity index (χ1v) is 6.43. The Kier molecular flexibility index (Phi) is 2.89. The largest absolute Gasteiger partial charge is 0.503 e. The zero-order chi connectivity index (χ0) is 13.6. The van der Waals surface area contributed by atoms with E-state index in [1.807, 2.05) is 10.8 Å². The highest BCUT2D eigenvalue weighted by Gasteiger charge is 2.26. The number of nitrogens with one attached hydrogen (secondary N) is 1. The average molecular weight is 282 g/mol. The molecular weight excluding hydrogens is 270 g/mol. The summed E-state index contributed by atoms with van der Waals surface area (Å²) in [6.07, 6.45) is 5.29. The van der Waals surface area contributed by atoms with E-state index >= 15 is 0 Å². The number of phenolic OH excluding ortho intramolecular Hbond substituents is 1. The Balaban J connectivity index is 2.03. The van der Waals surface area contributed by atoms with Crippen LogP contribution in [0.2, 0.25) is 0 Å². The van der Waals surface area contributed by atoms with Crippen molar-refractivity contribution in [3.63, 3.8) is 0 Å². The predicted molar refractivity (Wildman–Crippen MR) is 68.7 cm³/mol. The van der Waals surface area contributed by atoms with E-state index in [-0.39, 0.29) is 6.04 Å². The quantitative estimate of drug-likeness (QED) is 0.788. The number of hydrogen-bond donors (Lipinski definition) is 2. The minimum atomic E-state index is -0.895. The Labute approximate surface area is 113 Å². The first-order valence-electron chi connectivity index (χ1n) is 6.02. The van der Waals surface area contributed by atoms with Crippen molar-refractivity contribution in [2.24, 2.45) is 0 Å². The summed E-state index contributed by atoms with van der Waals surface area (Å²) < 4.78 is 29.7. The van der Waals surface area contributed by atoms with Crippen LogP contribution >= 0.6 is 12.2 Å². The molecule has 100 valence electrons. The number of rotatable bonds is 1.